The van der Waals surface area contributed by atoms with Crippen molar-refractivity contribution < 1.29 is 19.5 Å². The van der Waals surface area contributed by atoms with Crippen LogP contribution >= 0.6 is 0 Å². The SMILES string of the molecule is CN(CC(=O)NC1CC1)C(=O)c1ccc(C(=O)O)cc1. The van der Waals surface area contributed by atoms with Gasteiger partial charge in [-0.1, -0.05) is 0 Å². The monoisotopic (exact) mass is 276 g/mol. The lowest BCUT2D eigenvalue weighted by atomic mass is 10.1. The van der Waals surface area contributed by atoms with E-state index in [1.165, 1.54) is 29.2 Å². The molecular formula is C14H16N2O4. The molecule has 2 amide bonds. The molecule has 1 aromatic carbocycles. The van der Waals surface area contributed by atoms with Gasteiger partial charge in [0.1, 0.15) is 0 Å². The lowest BCUT2D eigenvalue weighted by molar-refractivity contribution is -0.121. The van der Waals surface area contributed by atoms with Crippen LogP contribution in [0.5, 0.6) is 0 Å². The van der Waals surface area contributed by atoms with Gasteiger partial charge < -0.3 is 15.3 Å². The Morgan fingerprint density at radius 2 is 1.75 bits per heavy atom. The van der Waals surface area contributed by atoms with E-state index in [0.29, 0.717) is 5.56 Å². The number of aromatic carboxylic acids is 1. The van der Waals surface area contributed by atoms with Gasteiger partial charge in [-0.15, -0.1) is 0 Å². The molecule has 1 saturated carbocycles. The summed E-state index contributed by atoms with van der Waals surface area (Å²) in [5.74, 6) is -1.53. The van der Waals surface area contributed by atoms with Crippen LogP contribution in [0.4, 0.5) is 0 Å². The summed E-state index contributed by atoms with van der Waals surface area (Å²) in [6, 6.07) is 5.89. The zero-order chi connectivity index (χ0) is 14.7. The molecule has 1 aliphatic rings. The van der Waals surface area contributed by atoms with Crippen molar-refractivity contribution in [3.8, 4) is 0 Å². The topological polar surface area (TPSA) is 86.7 Å². The minimum atomic E-state index is -1.04. The third-order valence-electron chi connectivity index (χ3n) is 3.05. The van der Waals surface area contributed by atoms with Gasteiger partial charge in [-0.05, 0) is 37.1 Å². The molecule has 0 heterocycles. The first-order chi connectivity index (χ1) is 9.47. The van der Waals surface area contributed by atoms with Crippen LogP contribution in [0.25, 0.3) is 0 Å². The molecule has 0 aliphatic heterocycles. The number of carbonyl (C=O) groups excluding carboxylic acids is 2. The summed E-state index contributed by atoms with van der Waals surface area (Å²) >= 11 is 0. The lowest BCUT2D eigenvalue weighted by Crippen LogP contribution is -2.39. The molecule has 1 fully saturated rings. The minimum Gasteiger partial charge on any atom is -0.478 e. The number of nitrogens with zero attached hydrogens (tertiary/aromatic N) is 1. The number of hydrogen-bond donors (Lipinski definition) is 2. The summed E-state index contributed by atoms with van der Waals surface area (Å²) in [7, 11) is 1.54. The minimum absolute atomic E-state index is 0.00395. The summed E-state index contributed by atoms with van der Waals surface area (Å²) in [4.78, 5) is 35.7. The Bertz CT molecular complexity index is 535. The van der Waals surface area contributed by atoms with Crippen LogP contribution in [0.2, 0.25) is 0 Å². The van der Waals surface area contributed by atoms with E-state index in [-0.39, 0.29) is 30.0 Å². The number of benzene rings is 1. The van der Waals surface area contributed by atoms with Crippen LogP contribution in [0.3, 0.4) is 0 Å². The first-order valence-electron chi connectivity index (χ1n) is 6.35. The van der Waals surface area contributed by atoms with Crippen molar-refractivity contribution in [2.75, 3.05) is 13.6 Å². The lowest BCUT2D eigenvalue weighted by Gasteiger charge is -2.16. The number of carbonyl (C=O) groups is 3. The van der Waals surface area contributed by atoms with Gasteiger partial charge in [-0.2, -0.15) is 0 Å². The van der Waals surface area contributed by atoms with Gasteiger partial charge in [-0.25, -0.2) is 4.79 Å². The predicted molar refractivity (Wildman–Crippen MR) is 71.5 cm³/mol. The van der Waals surface area contributed by atoms with Crippen molar-refractivity contribution in [3.05, 3.63) is 35.4 Å². The fourth-order valence-electron chi connectivity index (χ4n) is 1.76. The van der Waals surface area contributed by atoms with Crippen LogP contribution in [-0.2, 0) is 4.79 Å². The molecule has 0 aromatic heterocycles. The summed E-state index contributed by atoms with van der Waals surface area (Å²) in [6.07, 6.45) is 2.00. The van der Waals surface area contributed by atoms with Crippen molar-refractivity contribution in [3.63, 3.8) is 0 Å². The molecule has 0 spiro atoms. The van der Waals surface area contributed by atoms with Gasteiger partial charge in [-0.3, -0.25) is 9.59 Å². The van der Waals surface area contributed by atoms with Gasteiger partial charge in [0.2, 0.25) is 5.91 Å². The van der Waals surface area contributed by atoms with E-state index in [2.05, 4.69) is 5.32 Å². The highest BCUT2D eigenvalue weighted by molar-refractivity contribution is 5.97. The standard InChI is InChI=1S/C14H16N2O4/c1-16(8-12(17)15-11-6-7-11)13(18)9-2-4-10(5-3-9)14(19)20/h2-5,11H,6-8H2,1H3,(H,15,17)(H,19,20). The molecule has 0 unspecified atom stereocenters. The number of amides is 2. The quantitative estimate of drug-likeness (QED) is 0.830. The maximum absolute atomic E-state index is 12.1. The van der Waals surface area contributed by atoms with E-state index < -0.39 is 5.97 Å². The molecule has 6 nitrogen and oxygen atoms in total. The molecule has 106 valence electrons. The van der Waals surface area contributed by atoms with Gasteiger partial charge >= 0.3 is 5.97 Å². The van der Waals surface area contributed by atoms with Gasteiger partial charge in [0.25, 0.3) is 5.91 Å². The van der Waals surface area contributed by atoms with E-state index in [9.17, 15) is 14.4 Å². The third-order valence-corrected chi connectivity index (χ3v) is 3.05. The van der Waals surface area contributed by atoms with Gasteiger partial charge in [0.05, 0.1) is 12.1 Å². The van der Waals surface area contributed by atoms with E-state index in [0.717, 1.165) is 12.8 Å². The summed E-state index contributed by atoms with van der Waals surface area (Å²) in [5, 5.41) is 11.6. The highest BCUT2D eigenvalue weighted by atomic mass is 16.4. The number of likely N-dealkylation sites (N-methyl/N-ethyl adjacent to an activating group) is 1. The molecular weight excluding hydrogens is 260 g/mol. The third kappa shape index (κ3) is 3.57. The molecule has 1 aliphatic carbocycles. The Labute approximate surface area is 116 Å². The number of rotatable bonds is 5. The number of nitrogens with one attached hydrogen (secondary N) is 1. The first-order valence-corrected chi connectivity index (χ1v) is 6.35. The molecule has 2 N–H and O–H groups in total. The Hall–Kier alpha value is -2.37. The number of carboxylic acid groups (broad SMARTS) is 1. The maximum atomic E-state index is 12.1. The van der Waals surface area contributed by atoms with Crippen molar-refractivity contribution in [1.82, 2.24) is 10.2 Å². The van der Waals surface area contributed by atoms with Crippen LogP contribution in [0, 0.1) is 0 Å². The fourth-order valence-corrected chi connectivity index (χ4v) is 1.76. The van der Waals surface area contributed by atoms with Crippen molar-refractivity contribution in [1.29, 1.82) is 0 Å². The van der Waals surface area contributed by atoms with Crippen molar-refractivity contribution in [2.24, 2.45) is 0 Å². The van der Waals surface area contributed by atoms with Gasteiger partial charge in [0.15, 0.2) is 0 Å². The number of carboxylic acids is 1. The molecule has 20 heavy (non-hydrogen) atoms. The van der Waals surface area contributed by atoms with E-state index >= 15 is 0 Å². The largest absolute Gasteiger partial charge is 0.478 e. The number of hydrogen-bond acceptors (Lipinski definition) is 3. The first kappa shape index (κ1) is 14.0. The Balaban J connectivity index is 1.94. The van der Waals surface area contributed by atoms with Crippen molar-refractivity contribution >= 4 is 17.8 Å². The van der Waals surface area contributed by atoms with Crippen LogP contribution in [0.15, 0.2) is 24.3 Å². The van der Waals surface area contributed by atoms with Crippen LogP contribution in [-0.4, -0.2) is 47.4 Å². The Kier molecular flexibility index (Phi) is 4.02. The smallest absolute Gasteiger partial charge is 0.335 e. The van der Waals surface area contributed by atoms with Gasteiger partial charge in [0, 0.05) is 18.7 Å². The van der Waals surface area contributed by atoms with Crippen molar-refractivity contribution in [2.45, 2.75) is 18.9 Å². The second-order valence-corrected chi connectivity index (χ2v) is 4.89. The highest BCUT2D eigenvalue weighted by Crippen LogP contribution is 2.18. The van der Waals surface area contributed by atoms with E-state index in [1.54, 1.807) is 7.05 Å². The normalized spacial score (nSPS) is 13.7. The molecule has 0 saturated heterocycles. The summed E-state index contributed by atoms with van der Waals surface area (Å²) < 4.78 is 0. The summed E-state index contributed by atoms with van der Waals surface area (Å²) in [6.45, 7) is -0.00395. The molecule has 0 bridgehead atoms. The summed E-state index contributed by atoms with van der Waals surface area (Å²) in [5.41, 5.74) is 0.479. The molecule has 0 radical (unpaired) electrons. The average molecular weight is 276 g/mol. The zero-order valence-corrected chi connectivity index (χ0v) is 11.1. The second kappa shape index (κ2) is 5.73. The maximum Gasteiger partial charge on any atom is 0.335 e. The predicted octanol–water partition coefficient (Wildman–Crippen LogP) is 0.735. The molecule has 2 rings (SSSR count). The molecule has 1 aromatic rings. The van der Waals surface area contributed by atoms with Crippen LogP contribution in [0.1, 0.15) is 33.6 Å². The fraction of sp³-hybridized carbons (Fsp3) is 0.357. The Morgan fingerprint density at radius 3 is 2.25 bits per heavy atom. The zero-order valence-electron chi connectivity index (χ0n) is 11.1. The second-order valence-electron chi connectivity index (χ2n) is 4.89. The van der Waals surface area contributed by atoms with E-state index in [4.69, 9.17) is 5.11 Å². The Morgan fingerprint density at radius 1 is 1.20 bits per heavy atom. The average Bonchev–Trinajstić information content (AvgIpc) is 3.21. The molecule has 6 heteroatoms. The van der Waals surface area contributed by atoms with E-state index in [1.807, 2.05) is 0 Å². The molecule has 0 atom stereocenters. The highest BCUT2D eigenvalue weighted by Gasteiger charge is 2.24. The van der Waals surface area contributed by atoms with Crippen LogP contribution < -0.4 is 5.32 Å².